The zero-order chi connectivity index (χ0) is 20.3. The lowest BCUT2D eigenvalue weighted by Crippen LogP contribution is -2.21. The highest BCUT2D eigenvalue weighted by molar-refractivity contribution is 6.04. The summed E-state index contributed by atoms with van der Waals surface area (Å²) in [5.74, 6) is -1.25. The van der Waals surface area contributed by atoms with Crippen LogP contribution < -0.4 is 10.6 Å². The molecular formula is C18H15F4N5O. The predicted octanol–water partition coefficient (Wildman–Crippen LogP) is 4.16. The molecule has 2 aromatic heterocycles. The fraction of sp³-hybridized carbons (Fsp3) is 0.222. The summed E-state index contributed by atoms with van der Waals surface area (Å²) >= 11 is 0. The van der Waals surface area contributed by atoms with Crippen molar-refractivity contribution in [1.82, 2.24) is 9.97 Å². The van der Waals surface area contributed by atoms with Crippen molar-refractivity contribution in [2.45, 2.75) is 19.0 Å². The van der Waals surface area contributed by atoms with E-state index in [2.05, 4.69) is 20.6 Å². The summed E-state index contributed by atoms with van der Waals surface area (Å²) in [5.41, 5.74) is -1.07. The van der Waals surface area contributed by atoms with Crippen LogP contribution in [0.1, 0.15) is 23.2 Å². The van der Waals surface area contributed by atoms with Crippen molar-refractivity contribution in [1.29, 1.82) is 5.41 Å². The molecule has 1 aliphatic rings. The number of carbonyl (C=O) groups excluding carboxylic acids is 1. The van der Waals surface area contributed by atoms with Gasteiger partial charge in [-0.1, -0.05) is 0 Å². The van der Waals surface area contributed by atoms with Gasteiger partial charge >= 0.3 is 6.18 Å². The minimum Gasteiger partial charge on any atom is -0.343 e. The Bertz CT molecular complexity index is 920. The van der Waals surface area contributed by atoms with E-state index < -0.39 is 23.6 Å². The third kappa shape index (κ3) is 4.90. The lowest BCUT2D eigenvalue weighted by Gasteiger charge is -2.12. The molecule has 0 atom stereocenters. The number of alkyl halides is 3. The molecule has 1 amide bonds. The van der Waals surface area contributed by atoms with E-state index in [1.807, 2.05) is 0 Å². The first-order valence-electron chi connectivity index (χ1n) is 8.25. The number of allylic oxidation sites excluding steroid dienone is 2. The van der Waals surface area contributed by atoms with E-state index in [4.69, 9.17) is 5.41 Å². The molecule has 146 valence electrons. The molecule has 2 aromatic rings. The highest BCUT2D eigenvalue weighted by Crippen LogP contribution is 2.37. The van der Waals surface area contributed by atoms with Crippen LogP contribution in [0.4, 0.5) is 29.1 Å². The van der Waals surface area contributed by atoms with Crippen LogP contribution in [0.2, 0.25) is 0 Å². The normalized spacial score (nSPS) is 14.5. The predicted molar refractivity (Wildman–Crippen MR) is 94.6 cm³/mol. The van der Waals surface area contributed by atoms with Crippen molar-refractivity contribution in [3.63, 3.8) is 0 Å². The van der Waals surface area contributed by atoms with Crippen molar-refractivity contribution in [2.24, 2.45) is 5.92 Å². The molecular weight excluding hydrogens is 378 g/mol. The number of halogens is 4. The molecule has 10 heteroatoms. The van der Waals surface area contributed by atoms with Gasteiger partial charge in [0.25, 0.3) is 5.91 Å². The second-order valence-corrected chi connectivity index (χ2v) is 6.15. The fourth-order valence-electron chi connectivity index (χ4n) is 2.34. The van der Waals surface area contributed by atoms with Crippen LogP contribution >= 0.6 is 0 Å². The Hall–Kier alpha value is -3.30. The number of anilines is 2. The van der Waals surface area contributed by atoms with E-state index in [0.717, 1.165) is 25.1 Å². The van der Waals surface area contributed by atoms with Gasteiger partial charge in [-0.05, 0) is 43.0 Å². The summed E-state index contributed by atoms with van der Waals surface area (Å²) in [4.78, 5) is 19.7. The molecule has 0 bridgehead atoms. The van der Waals surface area contributed by atoms with Crippen molar-refractivity contribution in [2.75, 3.05) is 10.6 Å². The summed E-state index contributed by atoms with van der Waals surface area (Å²) < 4.78 is 51.3. The fourth-order valence-corrected chi connectivity index (χ4v) is 2.34. The molecule has 3 N–H and O–H groups in total. The maximum absolute atomic E-state index is 13.6. The van der Waals surface area contributed by atoms with Gasteiger partial charge in [0.15, 0.2) is 5.82 Å². The van der Waals surface area contributed by atoms with Crippen LogP contribution in [-0.4, -0.2) is 27.8 Å². The quantitative estimate of drug-likeness (QED) is 0.508. The summed E-state index contributed by atoms with van der Waals surface area (Å²) in [6.45, 7) is 0. The van der Waals surface area contributed by atoms with Crippen LogP contribution in [0.15, 0.2) is 48.6 Å². The van der Waals surface area contributed by atoms with Gasteiger partial charge in [0.05, 0.1) is 23.6 Å². The largest absolute Gasteiger partial charge is 0.432 e. The number of nitrogens with one attached hydrogen (secondary N) is 3. The third-order valence-corrected chi connectivity index (χ3v) is 3.93. The molecule has 3 rings (SSSR count). The van der Waals surface area contributed by atoms with Gasteiger partial charge < -0.3 is 10.6 Å². The third-order valence-electron chi connectivity index (χ3n) is 3.93. The van der Waals surface area contributed by atoms with Crippen LogP contribution in [-0.2, 0) is 0 Å². The Balaban J connectivity index is 1.68. The number of amides is 1. The van der Waals surface area contributed by atoms with Gasteiger partial charge in [0.2, 0.25) is 0 Å². The summed E-state index contributed by atoms with van der Waals surface area (Å²) in [6, 6.07) is 4.17. The van der Waals surface area contributed by atoms with Gasteiger partial charge in [0.1, 0.15) is 11.5 Å². The monoisotopic (exact) mass is 393 g/mol. The van der Waals surface area contributed by atoms with Gasteiger partial charge in [-0.25, -0.2) is 9.37 Å². The van der Waals surface area contributed by atoms with Crippen LogP contribution in [0.25, 0.3) is 0 Å². The van der Waals surface area contributed by atoms with E-state index in [-0.39, 0.29) is 28.7 Å². The van der Waals surface area contributed by atoms with Crippen LogP contribution in [0.5, 0.6) is 0 Å². The SMILES string of the molecule is N=C(/C=C(\Nc1ccc(NC(=O)c2ccncc2F)cn1)C1CC1)C(F)(F)F. The summed E-state index contributed by atoms with van der Waals surface area (Å²) in [5, 5.41) is 12.4. The summed E-state index contributed by atoms with van der Waals surface area (Å²) in [7, 11) is 0. The molecule has 1 saturated carbocycles. The number of hydrogen-bond donors (Lipinski definition) is 3. The highest BCUT2D eigenvalue weighted by Gasteiger charge is 2.35. The minimum absolute atomic E-state index is 0.0708. The maximum atomic E-state index is 13.6. The lowest BCUT2D eigenvalue weighted by molar-refractivity contribution is -0.0584. The molecule has 2 heterocycles. The molecule has 1 aliphatic carbocycles. The zero-order valence-corrected chi connectivity index (χ0v) is 14.3. The Morgan fingerprint density at radius 2 is 1.93 bits per heavy atom. The Morgan fingerprint density at radius 3 is 2.50 bits per heavy atom. The first-order valence-corrected chi connectivity index (χ1v) is 8.25. The minimum atomic E-state index is -4.72. The molecule has 0 spiro atoms. The van der Waals surface area contributed by atoms with Crippen molar-refractivity contribution in [3.05, 3.63) is 59.9 Å². The lowest BCUT2D eigenvalue weighted by atomic mass is 10.2. The second kappa shape index (κ2) is 7.75. The first kappa shape index (κ1) is 19.5. The second-order valence-electron chi connectivity index (χ2n) is 6.15. The molecule has 0 aromatic carbocycles. The number of rotatable bonds is 6. The molecule has 0 aliphatic heterocycles. The topological polar surface area (TPSA) is 90.8 Å². The average molecular weight is 393 g/mol. The number of aromatic nitrogens is 2. The highest BCUT2D eigenvalue weighted by atomic mass is 19.4. The van der Waals surface area contributed by atoms with E-state index >= 15 is 0 Å². The molecule has 1 fully saturated rings. The molecule has 6 nitrogen and oxygen atoms in total. The van der Waals surface area contributed by atoms with E-state index in [1.54, 1.807) is 0 Å². The van der Waals surface area contributed by atoms with Gasteiger partial charge in [-0.15, -0.1) is 0 Å². The average Bonchev–Trinajstić information content (AvgIpc) is 3.47. The smallest absolute Gasteiger partial charge is 0.343 e. The standard InChI is InChI=1S/C18H15F4N5O/c19-13-9-24-6-5-12(13)17(28)26-11-3-4-16(25-8-11)27-14(10-1-2-10)7-15(23)18(20,21)22/h3-10,23H,1-2H2,(H,25,27)(H,26,28)/b14-7-,23-15?. The molecule has 0 radical (unpaired) electrons. The molecule has 28 heavy (non-hydrogen) atoms. The zero-order valence-electron chi connectivity index (χ0n) is 14.3. The maximum Gasteiger partial charge on any atom is 0.432 e. The Kier molecular flexibility index (Phi) is 5.39. The first-order chi connectivity index (χ1) is 13.2. The van der Waals surface area contributed by atoms with Crippen molar-refractivity contribution in [3.8, 4) is 0 Å². The van der Waals surface area contributed by atoms with Crippen LogP contribution in [0, 0.1) is 17.1 Å². The Labute approximate surface area is 157 Å². The number of hydrogen-bond acceptors (Lipinski definition) is 5. The van der Waals surface area contributed by atoms with Gasteiger partial charge in [-0.3, -0.25) is 15.2 Å². The number of pyridine rings is 2. The summed E-state index contributed by atoms with van der Waals surface area (Å²) in [6.07, 6.45) is 1.01. The van der Waals surface area contributed by atoms with E-state index in [9.17, 15) is 22.4 Å². The van der Waals surface area contributed by atoms with Crippen molar-refractivity contribution < 1.29 is 22.4 Å². The Morgan fingerprint density at radius 1 is 1.18 bits per heavy atom. The number of carbonyl (C=O) groups is 1. The van der Waals surface area contributed by atoms with Gasteiger partial charge in [-0.2, -0.15) is 13.2 Å². The van der Waals surface area contributed by atoms with Crippen LogP contribution in [0.3, 0.4) is 0 Å². The molecule has 0 saturated heterocycles. The molecule has 0 unspecified atom stereocenters. The van der Waals surface area contributed by atoms with E-state index in [0.29, 0.717) is 0 Å². The van der Waals surface area contributed by atoms with E-state index in [1.165, 1.54) is 30.6 Å². The van der Waals surface area contributed by atoms with Crippen molar-refractivity contribution >= 4 is 23.1 Å². The van der Waals surface area contributed by atoms with Gasteiger partial charge in [0, 0.05) is 11.9 Å². The number of nitrogens with zero attached hydrogens (tertiary/aromatic N) is 2.